The summed E-state index contributed by atoms with van der Waals surface area (Å²) in [5.74, 6) is -1.47. The van der Waals surface area contributed by atoms with Gasteiger partial charge in [0.15, 0.2) is 6.10 Å². The summed E-state index contributed by atoms with van der Waals surface area (Å²) in [7, 11) is 1.27. The zero-order chi connectivity index (χ0) is 12.0. The predicted molar refractivity (Wildman–Crippen MR) is 54.3 cm³/mol. The molecule has 0 aliphatic heterocycles. The Morgan fingerprint density at radius 2 is 2.00 bits per heavy atom. The van der Waals surface area contributed by atoms with Crippen LogP contribution in [0.5, 0.6) is 0 Å². The van der Waals surface area contributed by atoms with Crippen LogP contribution in [-0.4, -0.2) is 42.8 Å². The number of amides is 1. The summed E-state index contributed by atoms with van der Waals surface area (Å²) < 4.78 is 4.65. The third-order valence-corrected chi connectivity index (χ3v) is 2.04. The van der Waals surface area contributed by atoms with Crippen molar-refractivity contribution < 1.29 is 19.4 Å². The lowest BCUT2D eigenvalue weighted by molar-refractivity contribution is -0.148. The number of nitrogens with one attached hydrogen (secondary N) is 1. The van der Waals surface area contributed by atoms with E-state index in [9.17, 15) is 9.59 Å². The zero-order valence-corrected chi connectivity index (χ0v) is 9.19. The van der Waals surface area contributed by atoms with Gasteiger partial charge >= 0.3 is 5.97 Å². The van der Waals surface area contributed by atoms with Crippen LogP contribution in [-0.2, 0) is 14.3 Å². The highest BCUT2D eigenvalue weighted by Gasteiger charge is 2.21. The largest absolute Gasteiger partial charge is 0.479 e. The summed E-state index contributed by atoms with van der Waals surface area (Å²) in [4.78, 5) is 21.9. The van der Waals surface area contributed by atoms with Crippen LogP contribution in [0.15, 0.2) is 0 Å². The summed E-state index contributed by atoms with van der Waals surface area (Å²) in [6.45, 7) is 3.55. The molecule has 0 aromatic carbocycles. The van der Waals surface area contributed by atoms with Gasteiger partial charge in [-0.25, -0.2) is 4.79 Å². The van der Waals surface area contributed by atoms with Crippen LogP contribution in [0, 0.1) is 5.92 Å². The second-order valence-electron chi connectivity index (χ2n) is 3.58. The first-order valence-corrected chi connectivity index (χ1v) is 4.69. The van der Waals surface area contributed by atoms with Gasteiger partial charge in [-0.05, 0) is 5.92 Å². The lowest BCUT2D eigenvalue weighted by atomic mass is 10.1. The van der Waals surface area contributed by atoms with Gasteiger partial charge in [0.05, 0.1) is 12.6 Å². The smallest absolute Gasteiger partial charge is 0.334 e. The lowest BCUT2D eigenvalue weighted by Gasteiger charge is -2.17. The van der Waals surface area contributed by atoms with Crippen molar-refractivity contribution in [1.29, 1.82) is 0 Å². The SMILES string of the molecule is COC(CNC(=O)C(N)C(C)C)C(=O)O. The van der Waals surface area contributed by atoms with Gasteiger partial charge in [-0.3, -0.25) is 4.79 Å². The number of aliphatic carboxylic acids is 1. The quantitative estimate of drug-likeness (QED) is 0.541. The molecule has 4 N–H and O–H groups in total. The fraction of sp³-hybridized carbons (Fsp3) is 0.778. The molecule has 15 heavy (non-hydrogen) atoms. The van der Waals surface area contributed by atoms with Crippen molar-refractivity contribution in [3.63, 3.8) is 0 Å². The third-order valence-electron chi connectivity index (χ3n) is 2.04. The topological polar surface area (TPSA) is 102 Å². The van der Waals surface area contributed by atoms with E-state index in [1.807, 2.05) is 13.8 Å². The third kappa shape index (κ3) is 4.75. The average molecular weight is 218 g/mol. The highest BCUT2D eigenvalue weighted by Crippen LogP contribution is 1.98. The van der Waals surface area contributed by atoms with Gasteiger partial charge in [0, 0.05) is 7.11 Å². The number of methoxy groups -OCH3 is 1. The fourth-order valence-electron chi connectivity index (χ4n) is 0.885. The first kappa shape index (κ1) is 13.9. The van der Waals surface area contributed by atoms with Crippen LogP contribution in [0.1, 0.15) is 13.8 Å². The maximum atomic E-state index is 11.3. The van der Waals surface area contributed by atoms with E-state index in [1.54, 1.807) is 0 Å². The number of carboxylic acid groups (broad SMARTS) is 1. The lowest BCUT2D eigenvalue weighted by Crippen LogP contribution is -2.47. The number of rotatable bonds is 6. The molecule has 6 heteroatoms. The Morgan fingerprint density at radius 3 is 2.33 bits per heavy atom. The molecular weight excluding hydrogens is 200 g/mol. The van der Waals surface area contributed by atoms with Crippen molar-refractivity contribution >= 4 is 11.9 Å². The Kier molecular flexibility index (Phi) is 5.88. The summed E-state index contributed by atoms with van der Waals surface area (Å²) in [6, 6.07) is -0.628. The second-order valence-corrected chi connectivity index (χ2v) is 3.58. The molecule has 0 aromatic rings. The van der Waals surface area contributed by atoms with Crippen molar-refractivity contribution in [3.8, 4) is 0 Å². The minimum absolute atomic E-state index is 0.0100. The molecule has 0 fully saturated rings. The van der Waals surface area contributed by atoms with E-state index in [-0.39, 0.29) is 18.4 Å². The van der Waals surface area contributed by atoms with Gasteiger partial charge in [0.1, 0.15) is 0 Å². The highest BCUT2D eigenvalue weighted by molar-refractivity contribution is 5.82. The number of carboxylic acids is 1. The summed E-state index contributed by atoms with van der Waals surface area (Å²) >= 11 is 0. The second kappa shape index (κ2) is 6.36. The first-order valence-electron chi connectivity index (χ1n) is 4.69. The monoisotopic (exact) mass is 218 g/mol. The van der Waals surface area contributed by atoms with E-state index in [0.29, 0.717) is 0 Å². The molecule has 0 bridgehead atoms. The van der Waals surface area contributed by atoms with Crippen molar-refractivity contribution in [2.45, 2.75) is 26.0 Å². The van der Waals surface area contributed by atoms with Crippen LogP contribution < -0.4 is 11.1 Å². The van der Waals surface area contributed by atoms with Gasteiger partial charge in [-0.1, -0.05) is 13.8 Å². The van der Waals surface area contributed by atoms with Crippen molar-refractivity contribution in [3.05, 3.63) is 0 Å². The standard InChI is InChI=1S/C9H18N2O4/c1-5(2)7(10)8(12)11-4-6(15-3)9(13)14/h5-7H,4,10H2,1-3H3,(H,11,12)(H,13,14). The minimum Gasteiger partial charge on any atom is -0.479 e. The predicted octanol–water partition coefficient (Wildman–Crippen LogP) is -0.814. The van der Waals surface area contributed by atoms with E-state index in [4.69, 9.17) is 10.8 Å². The molecule has 0 spiro atoms. The van der Waals surface area contributed by atoms with Crippen LogP contribution in [0.3, 0.4) is 0 Å². The van der Waals surface area contributed by atoms with Crippen molar-refractivity contribution in [1.82, 2.24) is 5.32 Å². The Balaban J connectivity index is 4.04. The van der Waals surface area contributed by atoms with Crippen LogP contribution in [0.4, 0.5) is 0 Å². The van der Waals surface area contributed by atoms with Gasteiger partial charge in [-0.15, -0.1) is 0 Å². The van der Waals surface area contributed by atoms with E-state index in [0.717, 1.165) is 0 Å². The molecule has 0 saturated carbocycles. The Morgan fingerprint density at radius 1 is 1.47 bits per heavy atom. The number of carbonyl (C=O) groups excluding carboxylic acids is 1. The molecule has 1 amide bonds. The number of carbonyl (C=O) groups is 2. The van der Waals surface area contributed by atoms with Crippen LogP contribution in [0.25, 0.3) is 0 Å². The van der Waals surface area contributed by atoms with Gasteiger partial charge in [0.2, 0.25) is 5.91 Å². The maximum Gasteiger partial charge on any atom is 0.334 e. The Hall–Kier alpha value is -1.14. The van der Waals surface area contributed by atoms with E-state index >= 15 is 0 Å². The Labute approximate surface area is 88.8 Å². The Bertz CT molecular complexity index is 230. The van der Waals surface area contributed by atoms with Crippen molar-refractivity contribution in [2.24, 2.45) is 11.7 Å². The molecule has 0 heterocycles. The summed E-state index contributed by atoms with van der Waals surface area (Å²) in [5.41, 5.74) is 5.56. The molecule has 88 valence electrons. The molecule has 0 rings (SSSR count). The fourth-order valence-corrected chi connectivity index (χ4v) is 0.885. The van der Waals surface area contributed by atoms with E-state index in [2.05, 4.69) is 10.1 Å². The van der Waals surface area contributed by atoms with Crippen molar-refractivity contribution in [2.75, 3.05) is 13.7 Å². The molecule has 0 aliphatic rings. The highest BCUT2D eigenvalue weighted by atomic mass is 16.5. The molecule has 0 saturated heterocycles. The number of nitrogens with two attached hydrogens (primary N) is 1. The molecular formula is C9H18N2O4. The number of hydrogen-bond donors (Lipinski definition) is 3. The minimum atomic E-state index is -1.11. The molecule has 0 aromatic heterocycles. The number of ether oxygens (including phenoxy) is 1. The van der Waals surface area contributed by atoms with Gasteiger partial charge in [-0.2, -0.15) is 0 Å². The molecule has 6 nitrogen and oxygen atoms in total. The molecule has 0 radical (unpaired) electrons. The number of hydrogen-bond acceptors (Lipinski definition) is 4. The maximum absolute atomic E-state index is 11.3. The zero-order valence-electron chi connectivity index (χ0n) is 9.19. The normalized spacial score (nSPS) is 14.7. The summed E-state index contributed by atoms with van der Waals surface area (Å²) in [5, 5.41) is 11.1. The van der Waals surface area contributed by atoms with Crippen LogP contribution >= 0.6 is 0 Å². The van der Waals surface area contributed by atoms with Gasteiger partial charge in [0.25, 0.3) is 0 Å². The molecule has 2 atom stereocenters. The first-order chi connectivity index (χ1) is 6.90. The molecule has 2 unspecified atom stereocenters. The molecule has 0 aliphatic carbocycles. The van der Waals surface area contributed by atoms with E-state index < -0.39 is 18.1 Å². The van der Waals surface area contributed by atoms with E-state index in [1.165, 1.54) is 7.11 Å². The van der Waals surface area contributed by atoms with Gasteiger partial charge < -0.3 is 20.9 Å². The summed E-state index contributed by atoms with van der Waals surface area (Å²) in [6.07, 6.45) is -1.03. The average Bonchev–Trinajstić information content (AvgIpc) is 2.16. The van der Waals surface area contributed by atoms with Crippen LogP contribution in [0.2, 0.25) is 0 Å².